The number of aromatic nitrogens is 2. The van der Waals surface area contributed by atoms with Gasteiger partial charge in [-0.3, -0.25) is 4.79 Å². The summed E-state index contributed by atoms with van der Waals surface area (Å²) in [5, 5.41) is 3.41. The van der Waals surface area contributed by atoms with Crippen LogP contribution in [0.1, 0.15) is 23.7 Å². The van der Waals surface area contributed by atoms with Crippen LogP contribution in [0.5, 0.6) is 0 Å². The molecule has 2 aromatic carbocycles. The molecule has 0 saturated carbocycles. The molecule has 0 bridgehead atoms. The molecule has 0 aliphatic rings. The predicted molar refractivity (Wildman–Crippen MR) is 101 cm³/mol. The zero-order valence-electron chi connectivity index (χ0n) is 13.8. The maximum atomic E-state index is 12.4. The smallest absolute Gasteiger partial charge is 0.338 e. The van der Waals surface area contributed by atoms with Crippen LogP contribution in [0.2, 0.25) is 10.0 Å². The first-order valence-corrected chi connectivity index (χ1v) is 8.63. The maximum Gasteiger partial charge on any atom is 0.338 e. The molecule has 0 aliphatic heterocycles. The highest BCUT2D eigenvalue weighted by Gasteiger charge is 2.23. The molecule has 134 valence electrons. The Labute approximate surface area is 159 Å². The highest BCUT2D eigenvalue weighted by Crippen LogP contribution is 2.25. The lowest BCUT2D eigenvalue weighted by molar-refractivity contribution is -0.124. The molecular weight excluding hydrogens is 377 g/mol. The number of nitrogens with zero attached hydrogens (tertiary/aromatic N) is 1. The lowest BCUT2D eigenvalue weighted by atomic mass is 10.2. The monoisotopic (exact) mass is 391 g/mol. The molecule has 1 amide bonds. The van der Waals surface area contributed by atoms with E-state index in [0.717, 1.165) is 5.52 Å². The van der Waals surface area contributed by atoms with Crippen molar-refractivity contribution in [1.29, 1.82) is 0 Å². The minimum atomic E-state index is -0.952. The van der Waals surface area contributed by atoms with Gasteiger partial charge in [-0.25, -0.2) is 9.78 Å². The second-order valence-electron chi connectivity index (χ2n) is 5.55. The van der Waals surface area contributed by atoms with Crippen molar-refractivity contribution in [1.82, 2.24) is 9.97 Å². The van der Waals surface area contributed by atoms with Crippen LogP contribution in [0.25, 0.3) is 11.0 Å². The van der Waals surface area contributed by atoms with Crippen molar-refractivity contribution in [2.24, 2.45) is 0 Å². The number of fused-ring (bicyclic) bond motifs is 1. The molecule has 0 spiro atoms. The molecule has 26 heavy (non-hydrogen) atoms. The van der Waals surface area contributed by atoms with Gasteiger partial charge in [0.25, 0.3) is 5.91 Å². The largest absolute Gasteiger partial charge is 0.449 e. The standard InChI is InChI=1S/C18H15Cl2N3O3/c1-2-16(17(24)23-13-6-4-11(19)8-12(13)20)26-18(25)10-3-5-14-15(7-10)22-9-21-14/h3-9,16H,2H2,1H3,(H,21,22)(H,23,24). The summed E-state index contributed by atoms with van der Waals surface area (Å²) in [5.41, 5.74) is 2.18. The van der Waals surface area contributed by atoms with Gasteiger partial charge in [0.1, 0.15) is 0 Å². The highest BCUT2D eigenvalue weighted by molar-refractivity contribution is 6.36. The Bertz CT molecular complexity index is 971. The molecule has 0 saturated heterocycles. The number of carbonyl (C=O) groups is 2. The van der Waals surface area contributed by atoms with Gasteiger partial charge in [0.15, 0.2) is 6.10 Å². The number of benzene rings is 2. The molecule has 3 aromatic rings. The summed E-state index contributed by atoms with van der Waals surface area (Å²) >= 11 is 11.9. The van der Waals surface area contributed by atoms with E-state index in [1.807, 2.05) is 0 Å². The van der Waals surface area contributed by atoms with Crippen LogP contribution in [0.4, 0.5) is 5.69 Å². The molecule has 6 nitrogen and oxygen atoms in total. The number of halogens is 2. The molecule has 3 rings (SSSR count). The first-order valence-electron chi connectivity index (χ1n) is 7.88. The van der Waals surface area contributed by atoms with E-state index in [1.54, 1.807) is 37.3 Å². The number of ether oxygens (including phenoxy) is 1. The molecule has 0 aliphatic carbocycles. The van der Waals surface area contributed by atoms with Crippen molar-refractivity contribution >= 4 is 51.8 Å². The second-order valence-corrected chi connectivity index (χ2v) is 6.39. The minimum Gasteiger partial charge on any atom is -0.449 e. The third kappa shape index (κ3) is 3.98. The minimum absolute atomic E-state index is 0.303. The number of carbonyl (C=O) groups excluding carboxylic acids is 2. The van der Waals surface area contributed by atoms with Gasteiger partial charge in [-0.2, -0.15) is 0 Å². The Morgan fingerprint density at radius 1 is 1.23 bits per heavy atom. The maximum absolute atomic E-state index is 12.4. The van der Waals surface area contributed by atoms with Gasteiger partial charge < -0.3 is 15.0 Å². The van der Waals surface area contributed by atoms with Crippen molar-refractivity contribution in [3.63, 3.8) is 0 Å². The van der Waals surface area contributed by atoms with E-state index in [9.17, 15) is 9.59 Å². The fourth-order valence-electron chi connectivity index (χ4n) is 2.39. The topological polar surface area (TPSA) is 84.1 Å². The lowest BCUT2D eigenvalue weighted by Gasteiger charge is -2.16. The second kappa shape index (κ2) is 7.76. The van der Waals surface area contributed by atoms with Crippen LogP contribution in [0, 0.1) is 0 Å². The number of hydrogen-bond donors (Lipinski definition) is 2. The molecule has 1 aromatic heterocycles. The van der Waals surface area contributed by atoms with E-state index < -0.39 is 18.0 Å². The number of nitrogens with one attached hydrogen (secondary N) is 2. The first kappa shape index (κ1) is 18.2. The summed E-state index contributed by atoms with van der Waals surface area (Å²) in [4.78, 5) is 31.8. The number of amides is 1. The molecule has 1 atom stereocenters. The predicted octanol–water partition coefficient (Wildman–Crippen LogP) is 4.44. The molecule has 0 radical (unpaired) electrons. The van der Waals surface area contributed by atoms with Gasteiger partial charge >= 0.3 is 5.97 Å². The van der Waals surface area contributed by atoms with Gasteiger partial charge in [0.2, 0.25) is 0 Å². The van der Waals surface area contributed by atoms with E-state index >= 15 is 0 Å². The number of aromatic amines is 1. The Kier molecular flexibility index (Phi) is 5.44. The molecule has 2 N–H and O–H groups in total. The molecular formula is C18H15Cl2N3O3. The fourth-order valence-corrected chi connectivity index (χ4v) is 2.84. The summed E-state index contributed by atoms with van der Waals surface area (Å²) in [7, 11) is 0. The van der Waals surface area contributed by atoms with Crippen LogP contribution in [-0.2, 0) is 9.53 Å². The van der Waals surface area contributed by atoms with Crippen LogP contribution in [0.15, 0.2) is 42.7 Å². The van der Waals surface area contributed by atoms with Gasteiger partial charge in [0.05, 0.1) is 33.6 Å². The first-order chi connectivity index (χ1) is 12.5. The van der Waals surface area contributed by atoms with Gasteiger partial charge in [-0.05, 0) is 42.8 Å². The summed E-state index contributed by atoms with van der Waals surface area (Å²) in [6, 6.07) is 9.65. The summed E-state index contributed by atoms with van der Waals surface area (Å²) in [5.74, 6) is -1.06. The van der Waals surface area contributed by atoms with Gasteiger partial charge in [-0.15, -0.1) is 0 Å². The van der Waals surface area contributed by atoms with E-state index in [-0.39, 0.29) is 0 Å². The van der Waals surface area contributed by atoms with E-state index in [1.165, 1.54) is 12.4 Å². The van der Waals surface area contributed by atoms with E-state index in [2.05, 4.69) is 15.3 Å². The van der Waals surface area contributed by atoms with E-state index in [4.69, 9.17) is 27.9 Å². The SMILES string of the molecule is CCC(OC(=O)c1ccc2nc[nH]c2c1)C(=O)Nc1ccc(Cl)cc1Cl. The lowest BCUT2D eigenvalue weighted by Crippen LogP contribution is -2.32. The van der Waals surface area contributed by atoms with Gasteiger partial charge in [-0.1, -0.05) is 30.1 Å². The Morgan fingerprint density at radius 2 is 2.04 bits per heavy atom. The fraction of sp³-hybridized carbons (Fsp3) is 0.167. The number of H-pyrrole nitrogens is 1. The zero-order valence-corrected chi connectivity index (χ0v) is 15.3. The number of imidazole rings is 1. The third-order valence-corrected chi connectivity index (χ3v) is 4.31. The Balaban J connectivity index is 1.71. The normalized spacial score (nSPS) is 12.0. The number of esters is 1. The summed E-state index contributed by atoms with van der Waals surface area (Å²) in [6.45, 7) is 1.75. The number of anilines is 1. The van der Waals surface area contributed by atoms with Crippen molar-refractivity contribution in [2.75, 3.05) is 5.32 Å². The highest BCUT2D eigenvalue weighted by atomic mass is 35.5. The van der Waals surface area contributed by atoms with Crippen molar-refractivity contribution < 1.29 is 14.3 Å². The van der Waals surface area contributed by atoms with Crippen LogP contribution >= 0.6 is 23.2 Å². The molecule has 0 fully saturated rings. The van der Waals surface area contributed by atoms with Crippen LogP contribution < -0.4 is 5.32 Å². The van der Waals surface area contributed by atoms with E-state index in [0.29, 0.717) is 33.2 Å². The van der Waals surface area contributed by atoms with Crippen molar-refractivity contribution in [2.45, 2.75) is 19.4 Å². The number of rotatable bonds is 5. The Hall–Kier alpha value is -2.57. The molecule has 8 heteroatoms. The summed E-state index contributed by atoms with van der Waals surface area (Å²) in [6.07, 6.45) is 0.902. The average molecular weight is 392 g/mol. The van der Waals surface area contributed by atoms with Crippen LogP contribution in [0.3, 0.4) is 0 Å². The van der Waals surface area contributed by atoms with Crippen LogP contribution in [-0.4, -0.2) is 27.9 Å². The quantitative estimate of drug-likeness (QED) is 0.629. The molecule has 1 unspecified atom stereocenters. The third-order valence-electron chi connectivity index (χ3n) is 3.76. The van der Waals surface area contributed by atoms with Crippen molar-refractivity contribution in [3.8, 4) is 0 Å². The molecule has 1 heterocycles. The Morgan fingerprint density at radius 3 is 2.77 bits per heavy atom. The van der Waals surface area contributed by atoms with Crippen molar-refractivity contribution in [3.05, 3.63) is 58.3 Å². The zero-order chi connectivity index (χ0) is 18.7. The van der Waals surface area contributed by atoms with Gasteiger partial charge in [0, 0.05) is 5.02 Å². The summed E-state index contributed by atoms with van der Waals surface area (Å²) < 4.78 is 5.35. The number of hydrogen-bond acceptors (Lipinski definition) is 4. The average Bonchev–Trinajstić information content (AvgIpc) is 3.09.